The summed E-state index contributed by atoms with van der Waals surface area (Å²) in [6.07, 6.45) is 0.344. The average molecular weight is 242 g/mol. The Bertz CT molecular complexity index is 370. The predicted octanol–water partition coefficient (Wildman–Crippen LogP) is -1.58. The molecule has 0 aromatic heterocycles. The van der Waals surface area contributed by atoms with Crippen molar-refractivity contribution in [3.8, 4) is 0 Å². The topological polar surface area (TPSA) is 110 Å². The molecule has 3 atom stereocenters. The summed E-state index contributed by atoms with van der Waals surface area (Å²) >= 11 is 0. The van der Waals surface area contributed by atoms with Gasteiger partial charge in [0.05, 0.1) is 25.0 Å². The monoisotopic (exact) mass is 242 g/mol. The van der Waals surface area contributed by atoms with Crippen LogP contribution in [0, 0.1) is 11.8 Å². The van der Waals surface area contributed by atoms with Crippen LogP contribution >= 0.6 is 0 Å². The maximum Gasteiger partial charge on any atom is 0.307 e. The molecule has 94 valence electrons. The molecule has 0 spiro atoms. The Morgan fingerprint density at radius 1 is 1.29 bits per heavy atom. The van der Waals surface area contributed by atoms with E-state index < -0.39 is 29.8 Å². The largest absolute Gasteiger partial charge is 0.481 e. The van der Waals surface area contributed by atoms with Crippen molar-refractivity contribution >= 4 is 17.8 Å². The van der Waals surface area contributed by atoms with E-state index >= 15 is 0 Å². The van der Waals surface area contributed by atoms with Crippen molar-refractivity contribution in [2.24, 2.45) is 17.6 Å². The second-order valence-corrected chi connectivity index (χ2v) is 4.31. The summed E-state index contributed by atoms with van der Waals surface area (Å²) in [4.78, 5) is 35.2. The lowest BCUT2D eigenvalue weighted by molar-refractivity contribution is -0.150. The zero-order chi connectivity index (χ0) is 12.6. The number of carbonyl (C=O) groups is 3. The first-order valence-corrected chi connectivity index (χ1v) is 5.42. The van der Waals surface area contributed by atoms with E-state index in [0.29, 0.717) is 13.0 Å². The number of rotatable bonds is 3. The van der Waals surface area contributed by atoms with Gasteiger partial charge in [-0.2, -0.15) is 0 Å². The van der Waals surface area contributed by atoms with Gasteiger partial charge >= 0.3 is 5.97 Å². The van der Waals surface area contributed by atoms with Crippen LogP contribution < -0.4 is 5.73 Å². The number of aliphatic carboxylic acids is 1. The number of carboxylic acids is 1. The third-order valence-corrected chi connectivity index (χ3v) is 3.16. The fourth-order valence-electron chi connectivity index (χ4n) is 2.06. The normalized spacial score (nSPS) is 32.0. The summed E-state index contributed by atoms with van der Waals surface area (Å²) in [6.45, 7) is 0.723. The molecule has 1 aliphatic heterocycles. The molecule has 1 aliphatic carbocycles. The van der Waals surface area contributed by atoms with Crippen LogP contribution in [0.15, 0.2) is 0 Å². The first-order valence-electron chi connectivity index (χ1n) is 5.42. The van der Waals surface area contributed by atoms with Crippen LogP contribution in [-0.2, 0) is 19.1 Å². The maximum absolute atomic E-state index is 12.0. The van der Waals surface area contributed by atoms with E-state index in [0.717, 1.165) is 0 Å². The third kappa shape index (κ3) is 2.23. The lowest BCUT2D eigenvalue weighted by atomic mass is 10.1. The molecule has 2 fully saturated rings. The molecule has 17 heavy (non-hydrogen) atoms. The van der Waals surface area contributed by atoms with E-state index in [4.69, 9.17) is 15.6 Å². The highest BCUT2D eigenvalue weighted by molar-refractivity contribution is 5.93. The first kappa shape index (κ1) is 11.8. The molecule has 0 aromatic rings. The lowest BCUT2D eigenvalue weighted by Crippen LogP contribution is -2.55. The molecule has 3 N–H and O–H groups in total. The molecule has 1 saturated heterocycles. The number of primary amides is 1. The Balaban J connectivity index is 2.03. The zero-order valence-corrected chi connectivity index (χ0v) is 9.17. The highest BCUT2D eigenvalue weighted by atomic mass is 16.5. The van der Waals surface area contributed by atoms with Gasteiger partial charge < -0.3 is 20.5 Å². The lowest BCUT2D eigenvalue weighted by Gasteiger charge is -2.33. The van der Waals surface area contributed by atoms with Crippen molar-refractivity contribution in [3.63, 3.8) is 0 Å². The van der Waals surface area contributed by atoms with Crippen LogP contribution in [-0.4, -0.2) is 53.6 Å². The number of nitrogens with zero attached hydrogens (tertiary/aromatic N) is 1. The Morgan fingerprint density at radius 2 is 2.00 bits per heavy atom. The molecule has 0 radical (unpaired) electrons. The minimum atomic E-state index is -0.966. The smallest absolute Gasteiger partial charge is 0.307 e. The molecule has 2 rings (SSSR count). The fraction of sp³-hybridized carbons (Fsp3) is 0.700. The van der Waals surface area contributed by atoms with E-state index in [1.54, 1.807) is 0 Å². The Morgan fingerprint density at radius 3 is 2.53 bits per heavy atom. The van der Waals surface area contributed by atoms with Crippen LogP contribution in [0.3, 0.4) is 0 Å². The van der Waals surface area contributed by atoms with Crippen LogP contribution in [0.5, 0.6) is 0 Å². The molecule has 0 bridgehead atoms. The summed E-state index contributed by atoms with van der Waals surface area (Å²) in [6, 6.07) is -0.772. The van der Waals surface area contributed by atoms with Gasteiger partial charge in [-0.05, 0) is 6.42 Å². The molecule has 1 heterocycles. The van der Waals surface area contributed by atoms with Crippen LogP contribution in [0.2, 0.25) is 0 Å². The maximum atomic E-state index is 12.0. The number of hydrogen-bond acceptors (Lipinski definition) is 4. The molecule has 2 aliphatic rings. The van der Waals surface area contributed by atoms with Gasteiger partial charge in [0.2, 0.25) is 11.8 Å². The van der Waals surface area contributed by atoms with Gasteiger partial charge in [0.25, 0.3) is 0 Å². The van der Waals surface area contributed by atoms with Crippen molar-refractivity contribution in [2.75, 3.05) is 19.8 Å². The number of nitrogens with two attached hydrogens (primary N) is 1. The van der Waals surface area contributed by atoms with Gasteiger partial charge in [-0.3, -0.25) is 14.4 Å². The van der Waals surface area contributed by atoms with E-state index in [1.807, 2.05) is 0 Å². The summed E-state index contributed by atoms with van der Waals surface area (Å²) in [5.41, 5.74) is 5.18. The SMILES string of the molecule is NC(=O)C1COCCN1C(=O)[C@@H]1C[C@@H]1C(=O)O. The van der Waals surface area contributed by atoms with Crippen molar-refractivity contribution in [3.05, 3.63) is 0 Å². The van der Waals surface area contributed by atoms with E-state index in [1.165, 1.54) is 4.90 Å². The number of carboxylic acid groups (broad SMARTS) is 1. The predicted molar refractivity (Wildman–Crippen MR) is 54.7 cm³/mol. The second-order valence-electron chi connectivity index (χ2n) is 4.31. The third-order valence-electron chi connectivity index (χ3n) is 3.16. The average Bonchev–Trinajstić information content (AvgIpc) is 3.08. The van der Waals surface area contributed by atoms with Crippen molar-refractivity contribution in [1.82, 2.24) is 4.90 Å². The van der Waals surface area contributed by atoms with Gasteiger partial charge in [-0.1, -0.05) is 0 Å². The quantitative estimate of drug-likeness (QED) is 0.620. The van der Waals surface area contributed by atoms with E-state index in [-0.39, 0.29) is 19.1 Å². The molecule has 2 amide bonds. The molecule has 7 nitrogen and oxygen atoms in total. The minimum Gasteiger partial charge on any atom is -0.481 e. The molecule has 1 unspecified atom stereocenters. The highest BCUT2D eigenvalue weighted by Gasteiger charge is 2.51. The van der Waals surface area contributed by atoms with Crippen molar-refractivity contribution < 1.29 is 24.2 Å². The number of ether oxygens (including phenoxy) is 1. The van der Waals surface area contributed by atoms with E-state index in [2.05, 4.69) is 0 Å². The number of morpholine rings is 1. The summed E-state index contributed by atoms with van der Waals surface area (Å²) < 4.78 is 5.09. The fourth-order valence-corrected chi connectivity index (χ4v) is 2.06. The van der Waals surface area contributed by atoms with Crippen LogP contribution in [0.25, 0.3) is 0 Å². The second kappa shape index (κ2) is 4.33. The number of amides is 2. The van der Waals surface area contributed by atoms with Gasteiger partial charge in [-0.25, -0.2) is 0 Å². The van der Waals surface area contributed by atoms with E-state index in [9.17, 15) is 14.4 Å². The Labute approximate surface area is 97.5 Å². The summed E-state index contributed by atoms with van der Waals surface area (Å²) in [5.74, 6) is -3.01. The minimum absolute atomic E-state index is 0.0888. The molecular formula is C10H14N2O5. The van der Waals surface area contributed by atoms with Gasteiger partial charge in [0, 0.05) is 6.54 Å². The van der Waals surface area contributed by atoms with Crippen LogP contribution in [0.1, 0.15) is 6.42 Å². The number of hydrogen-bond donors (Lipinski definition) is 2. The number of carbonyl (C=O) groups excluding carboxylic acids is 2. The summed E-state index contributed by atoms with van der Waals surface area (Å²) in [7, 11) is 0. The van der Waals surface area contributed by atoms with Gasteiger partial charge in [0.1, 0.15) is 6.04 Å². The first-order chi connectivity index (χ1) is 8.02. The summed E-state index contributed by atoms with van der Waals surface area (Å²) in [5, 5.41) is 8.76. The Kier molecular flexibility index (Phi) is 3.01. The molecule has 0 aromatic carbocycles. The van der Waals surface area contributed by atoms with Gasteiger partial charge in [-0.15, -0.1) is 0 Å². The van der Waals surface area contributed by atoms with Crippen LogP contribution in [0.4, 0.5) is 0 Å². The molecule has 1 saturated carbocycles. The molecular weight excluding hydrogens is 228 g/mol. The Hall–Kier alpha value is -1.63. The zero-order valence-electron chi connectivity index (χ0n) is 9.17. The van der Waals surface area contributed by atoms with Crippen molar-refractivity contribution in [2.45, 2.75) is 12.5 Å². The van der Waals surface area contributed by atoms with Gasteiger partial charge in [0.15, 0.2) is 0 Å². The molecule has 7 heteroatoms. The highest BCUT2D eigenvalue weighted by Crippen LogP contribution is 2.40. The standard InChI is InChI=1S/C10H14N2O5/c11-8(13)7-4-17-2-1-12(7)9(14)5-3-6(5)10(15)16/h5-7H,1-4H2,(H2,11,13)(H,15,16)/t5-,6+,7?/m1/s1. The van der Waals surface area contributed by atoms with Crippen molar-refractivity contribution in [1.29, 1.82) is 0 Å².